The lowest BCUT2D eigenvalue weighted by Crippen LogP contribution is -2.43. The first-order valence-electron chi connectivity index (χ1n) is 9.39. The van der Waals surface area contributed by atoms with E-state index in [9.17, 15) is 18.4 Å². The molecule has 1 aliphatic heterocycles. The zero-order valence-corrected chi connectivity index (χ0v) is 16.5. The Morgan fingerprint density at radius 3 is 2.50 bits per heavy atom. The number of carbonyl (C=O) groups is 2. The first-order valence-corrected chi connectivity index (χ1v) is 9.39. The molecule has 2 aromatic carbocycles. The molecule has 158 valence electrons. The molecule has 9 heteroatoms. The van der Waals surface area contributed by atoms with Crippen LogP contribution in [0.25, 0.3) is 0 Å². The lowest BCUT2D eigenvalue weighted by atomic mass is 9.87. The number of nitrogens with one attached hydrogen (secondary N) is 1. The van der Waals surface area contributed by atoms with Crippen molar-refractivity contribution < 1.29 is 27.8 Å². The van der Waals surface area contributed by atoms with E-state index in [-0.39, 0.29) is 23.7 Å². The second-order valence-corrected chi connectivity index (χ2v) is 6.40. The van der Waals surface area contributed by atoms with Crippen LogP contribution >= 0.6 is 0 Å². The molecule has 0 aliphatic carbocycles. The van der Waals surface area contributed by atoms with Crippen molar-refractivity contribution in [1.29, 1.82) is 0 Å². The minimum atomic E-state index is -3.08. The SMILES string of the molecule is CCOc1cccc(/C=N\N2C(=O)N[C@](CC)(c3ccccc3)C2=O)c1OC(F)F. The number of hydrogen-bond donors (Lipinski definition) is 1. The van der Waals surface area contributed by atoms with Crippen LogP contribution in [-0.2, 0) is 10.3 Å². The summed E-state index contributed by atoms with van der Waals surface area (Å²) in [5.41, 5.74) is -0.482. The van der Waals surface area contributed by atoms with Crippen molar-refractivity contribution in [2.45, 2.75) is 32.4 Å². The number of hydrazone groups is 1. The molecule has 1 N–H and O–H groups in total. The molecule has 1 atom stereocenters. The molecule has 3 amide bonds. The van der Waals surface area contributed by atoms with E-state index in [2.05, 4.69) is 15.2 Å². The lowest BCUT2D eigenvalue weighted by Gasteiger charge is -2.24. The van der Waals surface area contributed by atoms with Crippen LogP contribution < -0.4 is 14.8 Å². The fraction of sp³-hybridized carbons (Fsp3) is 0.286. The molecule has 7 nitrogen and oxygen atoms in total. The molecule has 1 heterocycles. The van der Waals surface area contributed by atoms with E-state index in [1.54, 1.807) is 50.2 Å². The highest BCUT2D eigenvalue weighted by Gasteiger charge is 2.51. The van der Waals surface area contributed by atoms with E-state index >= 15 is 0 Å². The van der Waals surface area contributed by atoms with Crippen molar-refractivity contribution in [3.8, 4) is 11.5 Å². The molecule has 0 unspecified atom stereocenters. The Balaban J connectivity index is 1.94. The molecule has 0 spiro atoms. The number of ether oxygens (including phenoxy) is 2. The van der Waals surface area contributed by atoms with Crippen molar-refractivity contribution in [3.05, 3.63) is 59.7 Å². The quantitative estimate of drug-likeness (QED) is 0.522. The van der Waals surface area contributed by atoms with Gasteiger partial charge in [0.25, 0.3) is 5.91 Å². The van der Waals surface area contributed by atoms with Gasteiger partial charge < -0.3 is 14.8 Å². The summed E-state index contributed by atoms with van der Waals surface area (Å²) in [6.07, 6.45) is 1.43. The fourth-order valence-corrected chi connectivity index (χ4v) is 3.27. The monoisotopic (exact) mass is 417 g/mol. The van der Waals surface area contributed by atoms with Crippen LogP contribution in [-0.4, -0.2) is 36.4 Å². The highest BCUT2D eigenvalue weighted by molar-refractivity contribution is 6.08. The van der Waals surface area contributed by atoms with Gasteiger partial charge in [0.2, 0.25) is 0 Å². The van der Waals surface area contributed by atoms with Gasteiger partial charge in [-0.05, 0) is 31.0 Å². The highest BCUT2D eigenvalue weighted by Crippen LogP contribution is 2.34. The third kappa shape index (κ3) is 3.96. The van der Waals surface area contributed by atoms with Crippen molar-refractivity contribution in [1.82, 2.24) is 10.3 Å². The number of benzene rings is 2. The van der Waals surface area contributed by atoms with Gasteiger partial charge in [-0.25, -0.2) is 4.79 Å². The summed E-state index contributed by atoms with van der Waals surface area (Å²) in [5.74, 6) is -0.684. The summed E-state index contributed by atoms with van der Waals surface area (Å²) in [7, 11) is 0. The minimum absolute atomic E-state index is 0.103. The van der Waals surface area contributed by atoms with Crippen molar-refractivity contribution in [3.63, 3.8) is 0 Å². The Bertz CT molecular complexity index is 953. The second-order valence-electron chi connectivity index (χ2n) is 6.40. The number of imide groups is 1. The topological polar surface area (TPSA) is 80.2 Å². The normalized spacial score (nSPS) is 18.9. The summed E-state index contributed by atoms with van der Waals surface area (Å²) < 4.78 is 35.6. The van der Waals surface area contributed by atoms with E-state index in [4.69, 9.17) is 4.74 Å². The molecule has 0 radical (unpaired) electrons. The molecule has 30 heavy (non-hydrogen) atoms. The van der Waals surface area contributed by atoms with Crippen molar-refractivity contribution in [2.75, 3.05) is 6.61 Å². The van der Waals surface area contributed by atoms with E-state index in [0.29, 0.717) is 17.0 Å². The van der Waals surface area contributed by atoms with Gasteiger partial charge in [0.15, 0.2) is 11.5 Å². The third-order valence-electron chi connectivity index (χ3n) is 4.70. The molecule has 3 rings (SSSR count). The zero-order valence-electron chi connectivity index (χ0n) is 16.5. The van der Waals surface area contributed by atoms with Gasteiger partial charge in [-0.2, -0.15) is 13.9 Å². The van der Waals surface area contributed by atoms with Crippen molar-refractivity contribution in [2.24, 2.45) is 5.10 Å². The second kappa shape index (κ2) is 8.89. The van der Waals surface area contributed by atoms with Gasteiger partial charge >= 0.3 is 12.6 Å². The molecule has 1 aliphatic rings. The van der Waals surface area contributed by atoms with Gasteiger partial charge in [-0.15, -0.1) is 5.01 Å². The van der Waals surface area contributed by atoms with Crippen LogP contribution in [0.1, 0.15) is 31.4 Å². The number of hydrogen-bond acceptors (Lipinski definition) is 5. The van der Waals surface area contributed by atoms with Gasteiger partial charge in [-0.3, -0.25) is 4.79 Å². The van der Waals surface area contributed by atoms with E-state index in [1.807, 2.05) is 0 Å². The molecule has 0 bridgehead atoms. The van der Waals surface area contributed by atoms with Crippen LogP contribution in [0, 0.1) is 0 Å². The third-order valence-corrected chi connectivity index (χ3v) is 4.70. The van der Waals surface area contributed by atoms with Crippen LogP contribution in [0.3, 0.4) is 0 Å². The maximum Gasteiger partial charge on any atom is 0.387 e. The molecule has 1 fully saturated rings. The smallest absolute Gasteiger partial charge is 0.387 e. The number of rotatable bonds is 8. The number of alkyl halides is 2. The fourth-order valence-electron chi connectivity index (χ4n) is 3.27. The predicted octanol–water partition coefficient (Wildman–Crippen LogP) is 3.88. The Hall–Kier alpha value is -3.49. The maximum absolute atomic E-state index is 13.1. The molecular formula is C21H21F2N3O4. The average molecular weight is 417 g/mol. The number of urea groups is 1. The lowest BCUT2D eigenvalue weighted by molar-refractivity contribution is -0.131. The van der Waals surface area contributed by atoms with E-state index in [1.165, 1.54) is 12.1 Å². The van der Waals surface area contributed by atoms with Gasteiger partial charge in [-0.1, -0.05) is 43.3 Å². The Labute approximate surface area is 172 Å². The number of nitrogens with zero attached hydrogens (tertiary/aromatic N) is 2. The standard InChI is InChI=1S/C21H21F2N3O4/c1-3-21(15-10-6-5-7-11-15)18(27)26(20(28)25-21)24-13-14-9-8-12-16(29-4-2)17(14)30-19(22)23/h5-13,19H,3-4H2,1-2H3,(H,25,28)/b24-13-/t21-/m1/s1. The first kappa shape index (κ1) is 21.2. The summed E-state index contributed by atoms with van der Waals surface area (Å²) in [6.45, 7) is 0.636. The Morgan fingerprint density at radius 1 is 1.13 bits per heavy atom. The van der Waals surface area contributed by atoms with Crippen LogP contribution in [0.2, 0.25) is 0 Å². The molecule has 0 saturated carbocycles. The summed E-state index contributed by atoms with van der Waals surface area (Å²) in [4.78, 5) is 25.6. The van der Waals surface area contributed by atoms with Gasteiger partial charge in [0.1, 0.15) is 5.54 Å². The first-order chi connectivity index (χ1) is 14.4. The molecule has 0 aromatic heterocycles. The molecule has 1 saturated heterocycles. The van der Waals surface area contributed by atoms with E-state index < -0.39 is 24.1 Å². The van der Waals surface area contributed by atoms with Gasteiger partial charge in [0.05, 0.1) is 12.8 Å². The van der Waals surface area contributed by atoms with E-state index in [0.717, 1.165) is 6.21 Å². The number of para-hydroxylation sites is 1. The van der Waals surface area contributed by atoms with Gasteiger partial charge in [0, 0.05) is 5.56 Å². The average Bonchev–Trinajstić information content (AvgIpc) is 2.99. The number of carbonyl (C=O) groups excluding carboxylic acids is 2. The summed E-state index contributed by atoms with van der Waals surface area (Å²) in [6, 6.07) is 12.6. The minimum Gasteiger partial charge on any atom is -0.490 e. The number of amides is 3. The van der Waals surface area contributed by atoms with Crippen LogP contribution in [0.15, 0.2) is 53.6 Å². The summed E-state index contributed by atoms with van der Waals surface area (Å²) in [5, 5.41) is 7.35. The largest absolute Gasteiger partial charge is 0.490 e. The highest BCUT2D eigenvalue weighted by atomic mass is 19.3. The molecular weight excluding hydrogens is 396 g/mol. The Morgan fingerprint density at radius 2 is 1.87 bits per heavy atom. The Kier molecular flexibility index (Phi) is 6.29. The zero-order chi connectivity index (χ0) is 21.7. The summed E-state index contributed by atoms with van der Waals surface area (Å²) >= 11 is 0. The maximum atomic E-state index is 13.1. The number of halogens is 2. The van der Waals surface area contributed by atoms with Crippen LogP contribution in [0.5, 0.6) is 11.5 Å². The van der Waals surface area contributed by atoms with Crippen molar-refractivity contribution >= 4 is 18.2 Å². The van der Waals surface area contributed by atoms with Crippen LogP contribution in [0.4, 0.5) is 13.6 Å². The predicted molar refractivity (Wildman–Crippen MR) is 106 cm³/mol. The molecule has 2 aromatic rings.